The molecular weight excluding hydrogens is 217 g/mol. The van der Waals surface area contributed by atoms with Crippen molar-refractivity contribution in [3.05, 3.63) is 59.9 Å². The molecule has 0 saturated carbocycles. The molecule has 0 aliphatic carbocycles. The Balaban J connectivity index is 1.97. The van der Waals surface area contributed by atoms with Gasteiger partial charge in [-0.3, -0.25) is 9.97 Å². The molecule has 0 saturated heterocycles. The monoisotopic (exact) mass is 231 g/mol. The Bertz CT molecular complexity index is 473. The van der Waals surface area contributed by atoms with Crippen molar-refractivity contribution in [1.29, 1.82) is 0 Å². The van der Waals surface area contributed by atoms with Gasteiger partial charge in [-0.15, -0.1) is 0 Å². The largest absolute Gasteiger partial charge is 0.305 e. The smallest absolute Gasteiger partial charge is 0.127 e. The molecule has 1 N–H and O–H groups in total. The minimum absolute atomic E-state index is 0.0447. The third kappa shape index (κ3) is 3.07. The molecule has 2 rings (SSSR count). The van der Waals surface area contributed by atoms with E-state index in [1.807, 2.05) is 13.0 Å². The number of hydrogen-bond donors (Lipinski definition) is 1. The van der Waals surface area contributed by atoms with Gasteiger partial charge in [0.25, 0.3) is 0 Å². The molecule has 3 nitrogen and oxygen atoms in total. The Kier molecular flexibility index (Phi) is 3.77. The third-order valence-corrected chi connectivity index (χ3v) is 2.58. The second kappa shape index (κ2) is 5.50. The number of hydrogen-bond acceptors (Lipinski definition) is 3. The highest BCUT2D eigenvalue weighted by atomic mass is 19.1. The van der Waals surface area contributed by atoms with Crippen LogP contribution in [0.1, 0.15) is 24.2 Å². The maximum Gasteiger partial charge on any atom is 0.127 e. The van der Waals surface area contributed by atoms with Gasteiger partial charge in [-0.25, -0.2) is 4.39 Å². The SMILES string of the molecule is CC(NCc1ccccc1F)c1cnccn1. The molecule has 1 aromatic carbocycles. The predicted molar refractivity (Wildman–Crippen MR) is 63.7 cm³/mol. The Morgan fingerprint density at radius 1 is 1.29 bits per heavy atom. The van der Waals surface area contributed by atoms with Gasteiger partial charge < -0.3 is 5.32 Å². The van der Waals surface area contributed by atoms with E-state index in [0.717, 1.165) is 5.69 Å². The summed E-state index contributed by atoms with van der Waals surface area (Å²) in [6.45, 7) is 2.45. The zero-order valence-corrected chi connectivity index (χ0v) is 9.60. The zero-order valence-electron chi connectivity index (χ0n) is 9.60. The lowest BCUT2D eigenvalue weighted by Crippen LogP contribution is -2.19. The molecular formula is C13H14FN3. The van der Waals surface area contributed by atoms with Crippen molar-refractivity contribution in [3.63, 3.8) is 0 Å². The molecule has 0 aliphatic rings. The van der Waals surface area contributed by atoms with Gasteiger partial charge in [-0.2, -0.15) is 0 Å². The summed E-state index contributed by atoms with van der Waals surface area (Å²) in [7, 11) is 0. The van der Waals surface area contributed by atoms with Crippen molar-refractivity contribution in [3.8, 4) is 0 Å². The number of nitrogens with zero attached hydrogens (tertiary/aromatic N) is 2. The summed E-state index contributed by atoms with van der Waals surface area (Å²) in [6, 6.07) is 6.79. The molecule has 4 heteroatoms. The Morgan fingerprint density at radius 2 is 2.12 bits per heavy atom. The van der Waals surface area contributed by atoms with E-state index in [4.69, 9.17) is 0 Å². The first-order valence-electron chi connectivity index (χ1n) is 5.50. The van der Waals surface area contributed by atoms with Crippen molar-refractivity contribution in [1.82, 2.24) is 15.3 Å². The number of benzene rings is 1. The van der Waals surface area contributed by atoms with Crippen LogP contribution in [0.25, 0.3) is 0 Å². The summed E-state index contributed by atoms with van der Waals surface area (Å²) in [4.78, 5) is 8.20. The highest BCUT2D eigenvalue weighted by molar-refractivity contribution is 5.17. The van der Waals surface area contributed by atoms with E-state index in [0.29, 0.717) is 12.1 Å². The maximum absolute atomic E-state index is 13.4. The number of halogens is 1. The lowest BCUT2D eigenvalue weighted by Gasteiger charge is -2.13. The number of nitrogens with one attached hydrogen (secondary N) is 1. The van der Waals surface area contributed by atoms with E-state index < -0.39 is 0 Å². The van der Waals surface area contributed by atoms with E-state index in [1.165, 1.54) is 6.07 Å². The second-order valence-electron chi connectivity index (χ2n) is 3.82. The van der Waals surface area contributed by atoms with E-state index in [2.05, 4.69) is 15.3 Å². The summed E-state index contributed by atoms with van der Waals surface area (Å²) in [6.07, 6.45) is 4.99. The highest BCUT2D eigenvalue weighted by Gasteiger charge is 2.07. The second-order valence-corrected chi connectivity index (χ2v) is 3.82. The molecule has 0 radical (unpaired) electrons. The Labute approximate surface area is 99.7 Å². The van der Waals surface area contributed by atoms with Crippen molar-refractivity contribution in [2.24, 2.45) is 0 Å². The van der Waals surface area contributed by atoms with Crippen molar-refractivity contribution < 1.29 is 4.39 Å². The number of aromatic nitrogens is 2. The molecule has 1 unspecified atom stereocenters. The first-order chi connectivity index (χ1) is 8.27. The molecule has 0 fully saturated rings. The topological polar surface area (TPSA) is 37.8 Å². The van der Waals surface area contributed by atoms with Gasteiger partial charge >= 0.3 is 0 Å². The maximum atomic E-state index is 13.4. The van der Waals surface area contributed by atoms with Gasteiger partial charge in [0.15, 0.2) is 0 Å². The molecule has 88 valence electrons. The Morgan fingerprint density at radius 3 is 2.82 bits per heavy atom. The molecule has 0 spiro atoms. The minimum Gasteiger partial charge on any atom is -0.305 e. The number of rotatable bonds is 4. The first kappa shape index (κ1) is 11.7. The normalized spacial score (nSPS) is 12.4. The lowest BCUT2D eigenvalue weighted by atomic mass is 10.2. The van der Waals surface area contributed by atoms with Crippen molar-refractivity contribution in [2.75, 3.05) is 0 Å². The molecule has 2 aromatic rings. The van der Waals surface area contributed by atoms with Gasteiger partial charge in [-0.1, -0.05) is 18.2 Å². The van der Waals surface area contributed by atoms with Crippen LogP contribution in [0.5, 0.6) is 0 Å². The Hall–Kier alpha value is -1.81. The van der Waals surface area contributed by atoms with Crippen LogP contribution in [0.3, 0.4) is 0 Å². The van der Waals surface area contributed by atoms with Crippen LogP contribution in [-0.2, 0) is 6.54 Å². The fourth-order valence-electron chi connectivity index (χ4n) is 1.54. The average molecular weight is 231 g/mol. The van der Waals surface area contributed by atoms with Crippen LogP contribution >= 0.6 is 0 Å². The molecule has 0 amide bonds. The van der Waals surface area contributed by atoms with Crippen LogP contribution in [0.2, 0.25) is 0 Å². The first-order valence-corrected chi connectivity index (χ1v) is 5.50. The fourth-order valence-corrected chi connectivity index (χ4v) is 1.54. The van der Waals surface area contributed by atoms with E-state index >= 15 is 0 Å². The predicted octanol–water partition coefficient (Wildman–Crippen LogP) is 2.47. The quantitative estimate of drug-likeness (QED) is 0.878. The summed E-state index contributed by atoms with van der Waals surface area (Å²) in [5, 5.41) is 3.21. The van der Waals surface area contributed by atoms with Crippen LogP contribution in [0.15, 0.2) is 42.9 Å². The van der Waals surface area contributed by atoms with Crippen LogP contribution in [0.4, 0.5) is 4.39 Å². The van der Waals surface area contributed by atoms with Gasteiger partial charge in [0.1, 0.15) is 5.82 Å². The van der Waals surface area contributed by atoms with Gasteiger partial charge in [0.05, 0.1) is 5.69 Å². The van der Waals surface area contributed by atoms with E-state index in [1.54, 1.807) is 30.7 Å². The highest BCUT2D eigenvalue weighted by Crippen LogP contribution is 2.10. The summed E-state index contributed by atoms with van der Waals surface area (Å²) < 4.78 is 13.4. The molecule has 1 atom stereocenters. The van der Waals surface area contributed by atoms with Crippen LogP contribution in [-0.4, -0.2) is 9.97 Å². The van der Waals surface area contributed by atoms with Crippen molar-refractivity contribution in [2.45, 2.75) is 19.5 Å². The molecule has 1 aromatic heterocycles. The third-order valence-electron chi connectivity index (χ3n) is 2.58. The molecule has 0 aliphatic heterocycles. The van der Waals surface area contributed by atoms with Gasteiger partial charge in [0.2, 0.25) is 0 Å². The van der Waals surface area contributed by atoms with Crippen molar-refractivity contribution >= 4 is 0 Å². The van der Waals surface area contributed by atoms with Gasteiger partial charge in [-0.05, 0) is 13.0 Å². The van der Waals surface area contributed by atoms with Gasteiger partial charge in [0, 0.05) is 36.7 Å². The summed E-state index contributed by atoms with van der Waals surface area (Å²) in [5.41, 5.74) is 1.51. The molecule has 0 bridgehead atoms. The summed E-state index contributed by atoms with van der Waals surface area (Å²) >= 11 is 0. The fraction of sp³-hybridized carbons (Fsp3) is 0.231. The van der Waals surface area contributed by atoms with E-state index in [9.17, 15) is 4.39 Å². The molecule has 17 heavy (non-hydrogen) atoms. The average Bonchev–Trinajstić information content (AvgIpc) is 2.38. The zero-order chi connectivity index (χ0) is 12.1. The molecule has 1 heterocycles. The van der Waals surface area contributed by atoms with E-state index in [-0.39, 0.29) is 11.9 Å². The van der Waals surface area contributed by atoms with Crippen LogP contribution in [0, 0.1) is 5.82 Å². The minimum atomic E-state index is -0.189. The lowest BCUT2D eigenvalue weighted by molar-refractivity contribution is 0.534. The van der Waals surface area contributed by atoms with Crippen LogP contribution < -0.4 is 5.32 Å². The standard InChI is InChI=1S/C13H14FN3/c1-10(13-9-15-6-7-16-13)17-8-11-4-2-3-5-12(11)14/h2-7,9-10,17H,8H2,1H3. The summed E-state index contributed by atoms with van der Waals surface area (Å²) in [5.74, 6) is -0.189.